The van der Waals surface area contributed by atoms with Gasteiger partial charge in [0.2, 0.25) is 0 Å². The molecule has 0 aliphatic rings. The van der Waals surface area contributed by atoms with Crippen LogP contribution in [0, 0.1) is 0 Å². The summed E-state index contributed by atoms with van der Waals surface area (Å²) in [5.41, 5.74) is 2.38. The fraction of sp³-hybridized carbons (Fsp3) is 0.118. The Kier molecular flexibility index (Phi) is 3.70. The summed E-state index contributed by atoms with van der Waals surface area (Å²) in [6, 6.07) is 16.8. The maximum Gasteiger partial charge on any atom is 0.0497 e. The summed E-state index contributed by atoms with van der Waals surface area (Å²) in [5, 5.41) is 5.93. The van der Waals surface area contributed by atoms with Crippen LogP contribution in [0.3, 0.4) is 0 Å². The highest BCUT2D eigenvalue weighted by atomic mass is 79.9. The largest absolute Gasteiger partial charge is 0.378 e. The van der Waals surface area contributed by atoms with E-state index in [4.69, 9.17) is 0 Å². The molecular weight excluding hydrogens is 312 g/mol. The van der Waals surface area contributed by atoms with Gasteiger partial charge in [-0.15, -0.1) is 0 Å². The molecule has 1 heterocycles. The molecule has 1 N–H and O–H groups in total. The summed E-state index contributed by atoms with van der Waals surface area (Å²) < 4.78 is 1.13. The van der Waals surface area contributed by atoms with E-state index >= 15 is 0 Å². The molecule has 3 heteroatoms. The number of rotatable bonds is 3. The molecule has 3 aromatic rings. The predicted octanol–water partition coefficient (Wildman–Crippen LogP) is 5.17. The van der Waals surface area contributed by atoms with Crippen LogP contribution in [0.2, 0.25) is 0 Å². The number of benzene rings is 2. The highest BCUT2D eigenvalue weighted by Gasteiger charge is 2.10. The number of anilines is 1. The fourth-order valence-electron chi connectivity index (χ4n) is 2.39. The Hall–Kier alpha value is -1.87. The first-order chi connectivity index (χ1) is 9.75. The van der Waals surface area contributed by atoms with Crippen LogP contribution in [0.1, 0.15) is 18.5 Å². The Morgan fingerprint density at radius 2 is 1.90 bits per heavy atom. The smallest absolute Gasteiger partial charge is 0.0497 e. The van der Waals surface area contributed by atoms with Crippen molar-refractivity contribution in [3.8, 4) is 0 Å². The third-order valence-electron chi connectivity index (χ3n) is 3.42. The molecule has 20 heavy (non-hydrogen) atoms. The van der Waals surface area contributed by atoms with Gasteiger partial charge >= 0.3 is 0 Å². The minimum absolute atomic E-state index is 0.226. The number of nitrogens with zero attached hydrogens (tertiary/aromatic N) is 1. The van der Waals surface area contributed by atoms with Crippen molar-refractivity contribution in [1.82, 2.24) is 4.98 Å². The van der Waals surface area contributed by atoms with Crippen LogP contribution in [0.4, 0.5) is 5.69 Å². The van der Waals surface area contributed by atoms with Gasteiger partial charge in [-0.05, 0) is 30.7 Å². The van der Waals surface area contributed by atoms with Gasteiger partial charge in [0.1, 0.15) is 0 Å². The number of hydrogen-bond donors (Lipinski definition) is 1. The second kappa shape index (κ2) is 5.63. The van der Waals surface area contributed by atoms with Crippen LogP contribution in [-0.2, 0) is 0 Å². The van der Waals surface area contributed by atoms with E-state index in [9.17, 15) is 0 Å². The third kappa shape index (κ3) is 2.54. The second-order valence-corrected chi connectivity index (χ2v) is 5.64. The van der Waals surface area contributed by atoms with Gasteiger partial charge in [0, 0.05) is 39.4 Å². The first-order valence-corrected chi connectivity index (χ1v) is 7.39. The minimum atomic E-state index is 0.226. The summed E-state index contributed by atoms with van der Waals surface area (Å²) >= 11 is 3.61. The van der Waals surface area contributed by atoms with Crippen LogP contribution in [0.15, 0.2) is 65.4 Å². The van der Waals surface area contributed by atoms with Gasteiger partial charge in [-0.1, -0.05) is 46.3 Å². The Morgan fingerprint density at radius 1 is 1.05 bits per heavy atom. The molecule has 100 valence electrons. The molecule has 1 aromatic heterocycles. The normalized spacial score (nSPS) is 12.3. The van der Waals surface area contributed by atoms with Gasteiger partial charge in [-0.3, -0.25) is 4.98 Å². The molecule has 3 rings (SSSR count). The molecule has 0 aliphatic heterocycles. The average molecular weight is 327 g/mol. The van der Waals surface area contributed by atoms with Crippen LogP contribution < -0.4 is 5.32 Å². The summed E-state index contributed by atoms with van der Waals surface area (Å²) in [6.45, 7) is 2.17. The van der Waals surface area contributed by atoms with Crippen molar-refractivity contribution in [2.24, 2.45) is 0 Å². The van der Waals surface area contributed by atoms with E-state index in [-0.39, 0.29) is 6.04 Å². The predicted molar refractivity (Wildman–Crippen MR) is 87.9 cm³/mol. The van der Waals surface area contributed by atoms with E-state index in [1.54, 1.807) is 0 Å². The Bertz CT molecular complexity index is 734. The van der Waals surface area contributed by atoms with Gasteiger partial charge in [-0.2, -0.15) is 0 Å². The number of aromatic nitrogens is 1. The van der Waals surface area contributed by atoms with Gasteiger partial charge in [0.25, 0.3) is 0 Å². The first-order valence-electron chi connectivity index (χ1n) is 6.59. The van der Waals surface area contributed by atoms with Crippen molar-refractivity contribution >= 4 is 32.4 Å². The topological polar surface area (TPSA) is 24.9 Å². The Labute approximate surface area is 127 Å². The Morgan fingerprint density at radius 3 is 2.75 bits per heavy atom. The van der Waals surface area contributed by atoms with Gasteiger partial charge in [0.05, 0.1) is 0 Å². The number of nitrogens with one attached hydrogen (secondary N) is 1. The first kappa shape index (κ1) is 13.1. The number of pyridine rings is 1. The molecule has 0 bridgehead atoms. The number of fused-ring (bicyclic) bond motifs is 1. The fourth-order valence-corrected chi connectivity index (χ4v) is 3.01. The van der Waals surface area contributed by atoms with Crippen molar-refractivity contribution in [2.45, 2.75) is 13.0 Å². The molecule has 0 aliphatic carbocycles. The lowest BCUT2D eigenvalue weighted by atomic mass is 10.1. The lowest BCUT2D eigenvalue weighted by Crippen LogP contribution is -2.07. The maximum absolute atomic E-state index is 4.17. The van der Waals surface area contributed by atoms with E-state index in [1.165, 1.54) is 10.9 Å². The minimum Gasteiger partial charge on any atom is -0.378 e. The lowest BCUT2D eigenvalue weighted by Gasteiger charge is -2.18. The average Bonchev–Trinajstić information content (AvgIpc) is 2.48. The van der Waals surface area contributed by atoms with E-state index in [0.717, 1.165) is 15.5 Å². The van der Waals surface area contributed by atoms with Crippen molar-refractivity contribution in [1.29, 1.82) is 0 Å². The molecule has 0 saturated heterocycles. The zero-order chi connectivity index (χ0) is 13.9. The summed E-state index contributed by atoms with van der Waals surface area (Å²) in [6.07, 6.45) is 3.72. The second-order valence-electron chi connectivity index (χ2n) is 4.79. The van der Waals surface area contributed by atoms with Crippen LogP contribution >= 0.6 is 15.9 Å². The number of hydrogen-bond acceptors (Lipinski definition) is 2. The molecule has 2 nitrogen and oxygen atoms in total. The molecule has 2 aromatic carbocycles. The van der Waals surface area contributed by atoms with Crippen molar-refractivity contribution in [3.63, 3.8) is 0 Å². The maximum atomic E-state index is 4.17. The molecule has 0 saturated carbocycles. The summed E-state index contributed by atoms with van der Waals surface area (Å²) in [7, 11) is 0. The zero-order valence-electron chi connectivity index (χ0n) is 11.2. The van der Waals surface area contributed by atoms with Crippen LogP contribution in [0.25, 0.3) is 10.8 Å². The molecule has 0 spiro atoms. The highest BCUT2D eigenvalue weighted by Crippen LogP contribution is 2.29. The zero-order valence-corrected chi connectivity index (χ0v) is 12.8. The van der Waals surface area contributed by atoms with Gasteiger partial charge < -0.3 is 5.32 Å². The molecule has 0 radical (unpaired) electrons. The molecule has 0 fully saturated rings. The van der Waals surface area contributed by atoms with E-state index in [2.05, 4.69) is 69.6 Å². The molecule has 1 unspecified atom stereocenters. The van der Waals surface area contributed by atoms with Crippen molar-refractivity contribution < 1.29 is 0 Å². The van der Waals surface area contributed by atoms with Crippen LogP contribution in [-0.4, -0.2) is 4.98 Å². The lowest BCUT2D eigenvalue weighted by molar-refractivity contribution is 0.881. The third-order valence-corrected chi connectivity index (χ3v) is 4.15. The molecular formula is C17H15BrN2. The van der Waals surface area contributed by atoms with Gasteiger partial charge in [-0.25, -0.2) is 0 Å². The summed E-state index contributed by atoms with van der Waals surface area (Å²) in [5.74, 6) is 0. The van der Waals surface area contributed by atoms with E-state index in [1.807, 2.05) is 24.5 Å². The summed E-state index contributed by atoms with van der Waals surface area (Å²) in [4.78, 5) is 4.17. The quantitative estimate of drug-likeness (QED) is 0.718. The van der Waals surface area contributed by atoms with E-state index in [0.29, 0.717) is 0 Å². The van der Waals surface area contributed by atoms with Crippen LogP contribution in [0.5, 0.6) is 0 Å². The SMILES string of the molecule is CC(Nc1cccc2cnccc12)c1ccccc1Br. The molecule has 0 amide bonds. The van der Waals surface area contributed by atoms with E-state index < -0.39 is 0 Å². The van der Waals surface area contributed by atoms with Crippen molar-refractivity contribution in [3.05, 3.63) is 71.0 Å². The molecule has 1 atom stereocenters. The Balaban J connectivity index is 1.96. The highest BCUT2D eigenvalue weighted by molar-refractivity contribution is 9.10. The monoisotopic (exact) mass is 326 g/mol. The van der Waals surface area contributed by atoms with Gasteiger partial charge in [0.15, 0.2) is 0 Å². The van der Waals surface area contributed by atoms with Crippen molar-refractivity contribution in [2.75, 3.05) is 5.32 Å². The number of halogens is 1. The standard InChI is InChI=1S/C17H15BrN2/c1-12(14-6-2-3-7-16(14)18)20-17-8-4-5-13-11-19-10-9-15(13)17/h2-12,20H,1H3.